The molecule has 0 heterocycles. The molecule has 1 rings (SSSR count). The van der Waals surface area contributed by atoms with Crippen LogP contribution >= 0.6 is 35.1 Å². The number of hydrogen-bond donors (Lipinski definition) is 0. The maximum Gasteiger partial charge on any atom is 0.0678 e. The minimum absolute atomic E-state index is 0.848. The fourth-order valence-corrected chi connectivity index (χ4v) is 2.81. The van der Waals surface area contributed by atoms with Crippen molar-refractivity contribution in [2.75, 3.05) is 12.5 Å². The Labute approximate surface area is 92.8 Å². The van der Waals surface area contributed by atoms with Crippen molar-refractivity contribution in [2.24, 2.45) is 0 Å². The molecule has 0 unspecified atom stereocenters. The van der Waals surface area contributed by atoms with E-state index in [0.717, 1.165) is 14.8 Å². The van der Waals surface area contributed by atoms with Crippen LogP contribution in [0.25, 0.3) is 5.03 Å². The number of halogens is 1. The Bertz CT molecular complexity index is 287. The molecular weight excluding hydrogens is 220 g/mol. The van der Waals surface area contributed by atoms with Crippen molar-refractivity contribution in [3.63, 3.8) is 0 Å². The zero-order chi connectivity index (χ0) is 9.68. The SMILES string of the molecule is CSC(SC)=C(Cl)c1ccccc1. The molecule has 0 nitrogen and oxygen atoms in total. The highest BCUT2D eigenvalue weighted by molar-refractivity contribution is 8.22. The molecule has 3 heteroatoms. The highest BCUT2D eigenvalue weighted by Crippen LogP contribution is 2.35. The number of rotatable bonds is 3. The Hall–Kier alpha value is -0.0500. The lowest BCUT2D eigenvalue weighted by Crippen LogP contribution is -1.78. The van der Waals surface area contributed by atoms with Crippen LogP contribution in [0.4, 0.5) is 0 Å². The van der Waals surface area contributed by atoms with Gasteiger partial charge in [-0.1, -0.05) is 41.9 Å². The van der Waals surface area contributed by atoms with Crippen LogP contribution < -0.4 is 0 Å². The molecule has 0 aliphatic rings. The van der Waals surface area contributed by atoms with E-state index in [1.54, 1.807) is 23.5 Å². The second-order valence-electron chi connectivity index (χ2n) is 2.38. The van der Waals surface area contributed by atoms with E-state index in [1.807, 2.05) is 42.8 Å². The molecule has 0 radical (unpaired) electrons. The van der Waals surface area contributed by atoms with Gasteiger partial charge in [0.1, 0.15) is 0 Å². The molecule has 0 saturated heterocycles. The van der Waals surface area contributed by atoms with Crippen molar-refractivity contribution in [1.29, 1.82) is 0 Å². The molecule has 0 atom stereocenters. The van der Waals surface area contributed by atoms with Crippen LogP contribution in [0, 0.1) is 0 Å². The lowest BCUT2D eigenvalue weighted by atomic mass is 10.2. The first-order valence-corrected chi connectivity index (χ1v) is 6.65. The molecule has 70 valence electrons. The minimum atomic E-state index is 0.848. The van der Waals surface area contributed by atoms with Gasteiger partial charge in [0.05, 0.1) is 9.27 Å². The van der Waals surface area contributed by atoms with Crippen LogP contribution in [0.1, 0.15) is 5.56 Å². The summed E-state index contributed by atoms with van der Waals surface area (Å²) >= 11 is 9.58. The van der Waals surface area contributed by atoms with Gasteiger partial charge in [0.2, 0.25) is 0 Å². The summed E-state index contributed by atoms with van der Waals surface area (Å²) in [5.41, 5.74) is 1.09. The maximum absolute atomic E-state index is 6.21. The highest BCUT2D eigenvalue weighted by atomic mass is 35.5. The molecule has 0 aromatic heterocycles. The summed E-state index contributed by atoms with van der Waals surface area (Å²) in [5.74, 6) is 0. The third-order valence-electron chi connectivity index (χ3n) is 1.58. The van der Waals surface area contributed by atoms with E-state index in [0.29, 0.717) is 0 Å². The van der Waals surface area contributed by atoms with E-state index < -0.39 is 0 Å². The van der Waals surface area contributed by atoms with Crippen molar-refractivity contribution in [1.82, 2.24) is 0 Å². The van der Waals surface area contributed by atoms with E-state index >= 15 is 0 Å². The van der Waals surface area contributed by atoms with E-state index in [-0.39, 0.29) is 0 Å². The fourth-order valence-electron chi connectivity index (χ4n) is 0.965. The van der Waals surface area contributed by atoms with E-state index in [9.17, 15) is 0 Å². The van der Waals surface area contributed by atoms with E-state index in [2.05, 4.69) is 0 Å². The van der Waals surface area contributed by atoms with Gasteiger partial charge < -0.3 is 0 Å². The third-order valence-corrected chi connectivity index (χ3v) is 4.36. The van der Waals surface area contributed by atoms with Gasteiger partial charge >= 0.3 is 0 Å². The van der Waals surface area contributed by atoms with Gasteiger partial charge in [-0.2, -0.15) is 0 Å². The summed E-state index contributed by atoms with van der Waals surface area (Å²) in [6, 6.07) is 10.0. The van der Waals surface area contributed by atoms with Gasteiger partial charge in [-0.05, 0) is 18.1 Å². The van der Waals surface area contributed by atoms with Gasteiger partial charge in [-0.25, -0.2) is 0 Å². The van der Waals surface area contributed by atoms with Crippen LogP contribution in [0.15, 0.2) is 34.6 Å². The van der Waals surface area contributed by atoms with Crippen molar-refractivity contribution < 1.29 is 0 Å². The molecule has 13 heavy (non-hydrogen) atoms. The van der Waals surface area contributed by atoms with Crippen LogP contribution in [0.2, 0.25) is 0 Å². The maximum atomic E-state index is 6.21. The normalized spacial score (nSPS) is 9.77. The van der Waals surface area contributed by atoms with Crippen LogP contribution in [0.5, 0.6) is 0 Å². The Morgan fingerprint density at radius 3 is 2.08 bits per heavy atom. The second-order valence-corrected chi connectivity index (χ2v) is 4.65. The summed E-state index contributed by atoms with van der Waals surface area (Å²) in [6.07, 6.45) is 4.08. The molecule has 0 N–H and O–H groups in total. The lowest BCUT2D eigenvalue weighted by molar-refractivity contribution is 1.65. The Kier molecular flexibility index (Phi) is 4.78. The average molecular weight is 231 g/mol. The molecule has 0 aliphatic heterocycles. The monoisotopic (exact) mass is 230 g/mol. The topological polar surface area (TPSA) is 0 Å². The quantitative estimate of drug-likeness (QED) is 0.761. The van der Waals surface area contributed by atoms with Crippen LogP contribution in [-0.4, -0.2) is 12.5 Å². The summed E-state index contributed by atoms with van der Waals surface area (Å²) in [6.45, 7) is 0. The second kappa shape index (κ2) is 5.63. The van der Waals surface area contributed by atoms with E-state index in [4.69, 9.17) is 11.6 Å². The summed E-state index contributed by atoms with van der Waals surface area (Å²) in [7, 11) is 0. The molecule has 0 bridgehead atoms. The third kappa shape index (κ3) is 2.97. The molecule has 1 aromatic carbocycles. The smallest absolute Gasteiger partial charge is 0.0678 e. The standard InChI is InChI=1S/C10H11ClS2/c1-12-10(13-2)9(11)8-6-4-3-5-7-8/h3-7H,1-2H3. The molecule has 0 amide bonds. The number of thioether (sulfide) groups is 2. The molecule has 0 fully saturated rings. The zero-order valence-corrected chi connectivity index (χ0v) is 9.97. The molecule has 0 saturated carbocycles. The van der Waals surface area contributed by atoms with Crippen molar-refractivity contribution in [3.8, 4) is 0 Å². The first-order chi connectivity index (χ1) is 6.29. The predicted molar refractivity (Wildman–Crippen MR) is 66.2 cm³/mol. The molecule has 0 spiro atoms. The first kappa shape index (κ1) is 11.0. The minimum Gasteiger partial charge on any atom is -0.121 e. The molecule has 0 aliphatic carbocycles. The van der Waals surface area contributed by atoms with Crippen LogP contribution in [-0.2, 0) is 0 Å². The highest BCUT2D eigenvalue weighted by Gasteiger charge is 2.03. The van der Waals surface area contributed by atoms with Gasteiger partial charge in [0.15, 0.2) is 0 Å². The largest absolute Gasteiger partial charge is 0.121 e. The number of benzene rings is 1. The Morgan fingerprint density at radius 1 is 1.08 bits per heavy atom. The Balaban J connectivity index is 3.01. The molecule has 1 aromatic rings. The Morgan fingerprint density at radius 2 is 1.62 bits per heavy atom. The number of hydrogen-bond acceptors (Lipinski definition) is 2. The summed E-state index contributed by atoms with van der Waals surface area (Å²) in [4.78, 5) is 0. The fraction of sp³-hybridized carbons (Fsp3) is 0.200. The van der Waals surface area contributed by atoms with Crippen LogP contribution in [0.3, 0.4) is 0 Å². The molecular formula is C10H11ClS2. The van der Waals surface area contributed by atoms with Crippen molar-refractivity contribution in [2.45, 2.75) is 0 Å². The van der Waals surface area contributed by atoms with Crippen molar-refractivity contribution in [3.05, 3.63) is 40.1 Å². The average Bonchev–Trinajstić information content (AvgIpc) is 2.21. The van der Waals surface area contributed by atoms with Gasteiger partial charge in [-0.3, -0.25) is 0 Å². The summed E-state index contributed by atoms with van der Waals surface area (Å²) < 4.78 is 1.16. The summed E-state index contributed by atoms with van der Waals surface area (Å²) in [5, 5.41) is 0.848. The predicted octanol–water partition coefficient (Wildman–Crippen LogP) is 4.28. The van der Waals surface area contributed by atoms with Gasteiger partial charge in [-0.15, -0.1) is 23.5 Å². The van der Waals surface area contributed by atoms with E-state index in [1.165, 1.54) is 0 Å². The zero-order valence-electron chi connectivity index (χ0n) is 7.58. The first-order valence-electron chi connectivity index (χ1n) is 3.82. The lowest BCUT2D eigenvalue weighted by Gasteiger charge is -2.04. The van der Waals surface area contributed by atoms with Gasteiger partial charge in [0, 0.05) is 0 Å². The van der Waals surface area contributed by atoms with Gasteiger partial charge in [0.25, 0.3) is 0 Å². The van der Waals surface area contributed by atoms with Crippen molar-refractivity contribution >= 4 is 40.2 Å².